The van der Waals surface area contributed by atoms with Gasteiger partial charge in [0.1, 0.15) is 17.2 Å². The Hall–Kier alpha value is -2.37. The molecule has 0 saturated carbocycles. The molecule has 2 aromatic heterocycles. The highest BCUT2D eigenvalue weighted by Crippen LogP contribution is 2.30. The second-order valence-corrected chi connectivity index (χ2v) is 7.03. The van der Waals surface area contributed by atoms with Crippen LogP contribution < -0.4 is 10.6 Å². The summed E-state index contributed by atoms with van der Waals surface area (Å²) in [4.78, 5) is 17.4. The van der Waals surface area contributed by atoms with Crippen LogP contribution in [0.5, 0.6) is 0 Å². The van der Waals surface area contributed by atoms with Gasteiger partial charge in [-0.2, -0.15) is 0 Å². The number of nitrogens with one attached hydrogen (secondary N) is 2. The largest absolute Gasteiger partial charge is 0.460 e. The van der Waals surface area contributed by atoms with Crippen molar-refractivity contribution in [2.45, 2.75) is 25.7 Å². The minimum atomic E-state index is -0.254. The van der Waals surface area contributed by atoms with Gasteiger partial charge in [-0.25, -0.2) is 4.98 Å². The van der Waals surface area contributed by atoms with Crippen LogP contribution in [-0.4, -0.2) is 24.0 Å². The van der Waals surface area contributed by atoms with Crippen LogP contribution in [0.25, 0.3) is 11.0 Å². The molecule has 134 valence electrons. The van der Waals surface area contributed by atoms with Crippen LogP contribution in [0.4, 0.5) is 5.82 Å². The fraction of sp³-hybridized carbons (Fsp3) is 0.300. The number of piperidine rings is 1. The summed E-state index contributed by atoms with van der Waals surface area (Å²) in [5.41, 5.74) is 1.98. The summed E-state index contributed by atoms with van der Waals surface area (Å²) in [6.45, 7) is 3.84. The Labute approximate surface area is 156 Å². The van der Waals surface area contributed by atoms with Crippen molar-refractivity contribution < 1.29 is 9.21 Å². The van der Waals surface area contributed by atoms with Crippen LogP contribution in [0.2, 0.25) is 5.02 Å². The zero-order chi connectivity index (χ0) is 18.1. The van der Waals surface area contributed by atoms with Crippen molar-refractivity contribution in [1.82, 2.24) is 10.3 Å². The first kappa shape index (κ1) is 17.1. The summed E-state index contributed by atoms with van der Waals surface area (Å²) in [6.07, 6.45) is 2.13. The Kier molecular flexibility index (Phi) is 4.66. The van der Waals surface area contributed by atoms with Crippen molar-refractivity contribution in [2.24, 2.45) is 0 Å². The molecule has 1 amide bonds. The number of pyridine rings is 1. The van der Waals surface area contributed by atoms with Crippen molar-refractivity contribution in [3.8, 4) is 0 Å². The number of nitrogens with zero attached hydrogens (tertiary/aromatic N) is 1. The zero-order valence-corrected chi connectivity index (χ0v) is 15.3. The second-order valence-electron chi connectivity index (χ2n) is 6.62. The molecule has 0 bridgehead atoms. The number of carbonyl (C=O) groups excluding carboxylic acids is 1. The minimum Gasteiger partial charge on any atom is -0.460 e. The van der Waals surface area contributed by atoms with E-state index in [1.165, 1.54) is 0 Å². The van der Waals surface area contributed by atoms with Crippen molar-refractivity contribution >= 4 is 34.3 Å². The highest BCUT2D eigenvalue weighted by Gasteiger charge is 2.19. The summed E-state index contributed by atoms with van der Waals surface area (Å²) in [6, 6.07) is 11.0. The SMILES string of the molecule is Cc1cc2c(Cl)ccc(C(=O)Nc3cccc(C4CCNCC4)n3)c2o1. The van der Waals surface area contributed by atoms with E-state index in [-0.39, 0.29) is 5.91 Å². The van der Waals surface area contributed by atoms with Crippen LogP contribution >= 0.6 is 11.6 Å². The average Bonchev–Trinajstić information content (AvgIpc) is 3.05. The molecule has 3 heterocycles. The molecule has 2 N–H and O–H groups in total. The summed E-state index contributed by atoms with van der Waals surface area (Å²) in [5.74, 6) is 1.45. The molecule has 5 nitrogen and oxygen atoms in total. The number of benzene rings is 1. The van der Waals surface area contributed by atoms with E-state index < -0.39 is 0 Å². The lowest BCUT2D eigenvalue weighted by Crippen LogP contribution is -2.27. The topological polar surface area (TPSA) is 67.2 Å². The minimum absolute atomic E-state index is 0.254. The third-order valence-electron chi connectivity index (χ3n) is 4.77. The van der Waals surface area contributed by atoms with E-state index in [0.717, 1.165) is 37.0 Å². The number of hydrogen-bond donors (Lipinski definition) is 2. The number of fused-ring (bicyclic) bond motifs is 1. The molecule has 6 heteroatoms. The molecule has 1 saturated heterocycles. The summed E-state index contributed by atoms with van der Waals surface area (Å²) in [7, 11) is 0. The molecule has 1 aliphatic heterocycles. The number of hydrogen-bond acceptors (Lipinski definition) is 4. The highest BCUT2D eigenvalue weighted by atomic mass is 35.5. The van der Waals surface area contributed by atoms with Crippen LogP contribution in [-0.2, 0) is 0 Å². The number of amides is 1. The van der Waals surface area contributed by atoms with E-state index in [1.54, 1.807) is 12.1 Å². The molecule has 0 aliphatic carbocycles. The second kappa shape index (κ2) is 7.09. The Morgan fingerprint density at radius 2 is 2.08 bits per heavy atom. The van der Waals surface area contributed by atoms with Gasteiger partial charge in [-0.1, -0.05) is 17.7 Å². The molecule has 0 atom stereocenters. The molecular weight excluding hydrogens is 350 g/mol. The monoisotopic (exact) mass is 369 g/mol. The smallest absolute Gasteiger partial charge is 0.260 e. The van der Waals surface area contributed by atoms with Crippen LogP contribution in [0.15, 0.2) is 40.8 Å². The van der Waals surface area contributed by atoms with Gasteiger partial charge in [0.05, 0.1) is 10.6 Å². The standard InChI is InChI=1S/C20H20ClN3O2/c1-12-11-15-16(21)6-5-14(19(15)26-12)20(25)24-18-4-2-3-17(23-18)13-7-9-22-10-8-13/h2-6,11,13,22H,7-10H2,1H3,(H,23,24,25). The molecule has 1 fully saturated rings. The Morgan fingerprint density at radius 3 is 2.88 bits per heavy atom. The lowest BCUT2D eigenvalue weighted by molar-refractivity contribution is 0.102. The van der Waals surface area contributed by atoms with Gasteiger partial charge in [0, 0.05) is 17.0 Å². The number of aryl methyl sites for hydroxylation is 1. The number of aromatic nitrogens is 1. The van der Waals surface area contributed by atoms with Gasteiger partial charge in [-0.05, 0) is 63.2 Å². The van der Waals surface area contributed by atoms with E-state index in [4.69, 9.17) is 16.0 Å². The molecule has 26 heavy (non-hydrogen) atoms. The first-order valence-corrected chi connectivity index (χ1v) is 9.17. The molecule has 1 aliphatic rings. The molecule has 4 rings (SSSR count). The van der Waals surface area contributed by atoms with Gasteiger partial charge in [0.15, 0.2) is 0 Å². The van der Waals surface area contributed by atoms with Gasteiger partial charge >= 0.3 is 0 Å². The lowest BCUT2D eigenvalue weighted by Gasteiger charge is -2.22. The molecule has 3 aromatic rings. The number of anilines is 1. The Morgan fingerprint density at radius 1 is 1.27 bits per heavy atom. The molecule has 0 unspecified atom stereocenters. The van der Waals surface area contributed by atoms with Crippen molar-refractivity contribution in [1.29, 1.82) is 0 Å². The van der Waals surface area contributed by atoms with Gasteiger partial charge in [0.25, 0.3) is 5.91 Å². The van der Waals surface area contributed by atoms with E-state index >= 15 is 0 Å². The summed E-state index contributed by atoms with van der Waals surface area (Å²) in [5, 5.41) is 7.56. The van der Waals surface area contributed by atoms with Crippen molar-refractivity contribution in [2.75, 3.05) is 18.4 Å². The Bertz CT molecular complexity index is 961. The fourth-order valence-corrected chi connectivity index (χ4v) is 3.65. The maximum Gasteiger partial charge on any atom is 0.260 e. The lowest BCUT2D eigenvalue weighted by atomic mass is 9.94. The van der Waals surface area contributed by atoms with Crippen LogP contribution in [0.3, 0.4) is 0 Å². The van der Waals surface area contributed by atoms with Crippen molar-refractivity contribution in [3.05, 3.63) is 58.4 Å². The molecule has 0 radical (unpaired) electrons. The zero-order valence-electron chi connectivity index (χ0n) is 14.5. The predicted octanol–water partition coefficient (Wildman–Crippen LogP) is 4.51. The fourth-order valence-electron chi connectivity index (χ4n) is 3.44. The number of halogens is 1. The normalized spacial score (nSPS) is 15.3. The highest BCUT2D eigenvalue weighted by molar-refractivity contribution is 6.36. The third kappa shape index (κ3) is 3.32. The maximum atomic E-state index is 12.8. The van der Waals surface area contributed by atoms with E-state index in [0.29, 0.717) is 33.7 Å². The van der Waals surface area contributed by atoms with Gasteiger partial charge in [-0.15, -0.1) is 0 Å². The van der Waals surface area contributed by atoms with E-state index in [1.807, 2.05) is 31.2 Å². The molecule has 1 aromatic carbocycles. The summed E-state index contributed by atoms with van der Waals surface area (Å²) < 4.78 is 5.68. The maximum absolute atomic E-state index is 12.8. The Balaban J connectivity index is 1.60. The summed E-state index contributed by atoms with van der Waals surface area (Å²) >= 11 is 6.20. The predicted molar refractivity (Wildman–Crippen MR) is 103 cm³/mol. The first-order valence-electron chi connectivity index (χ1n) is 8.79. The number of carbonyl (C=O) groups is 1. The number of furan rings is 1. The molecular formula is C20H20ClN3O2. The third-order valence-corrected chi connectivity index (χ3v) is 5.10. The van der Waals surface area contributed by atoms with Crippen LogP contribution in [0.1, 0.15) is 40.6 Å². The first-order chi connectivity index (χ1) is 12.6. The van der Waals surface area contributed by atoms with E-state index in [9.17, 15) is 4.79 Å². The van der Waals surface area contributed by atoms with Gasteiger partial charge in [-0.3, -0.25) is 4.79 Å². The number of rotatable bonds is 3. The van der Waals surface area contributed by atoms with Crippen LogP contribution in [0, 0.1) is 6.92 Å². The van der Waals surface area contributed by atoms with E-state index in [2.05, 4.69) is 15.6 Å². The quantitative estimate of drug-likeness (QED) is 0.712. The average molecular weight is 370 g/mol. The van der Waals surface area contributed by atoms with Gasteiger partial charge in [0.2, 0.25) is 0 Å². The van der Waals surface area contributed by atoms with Gasteiger partial charge < -0.3 is 15.1 Å². The van der Waals surface area contributed by atoms with Crippen molar-refractivity contribution in [3.63, 3.8) is 0 Å². The molecule has 0 spiro atoms.